The number of aromatic nitrogens is 3. The van der Waals surface area contributed by atoms with E-state index in [9.17, 15) is 4.79 Å². The van der Waals surface area contributed by atoms with Crippen LogP contribution in [0.5, 0.6) is 5.75 Å². The van der Waals surface area contributed by atoms with Crippen LogP contribution in [0.25, 0.3) is 17.1 Å². The lowest BCUT2D eigenvalue weighted by Gasteiger charge is -2.21. The van der Waals surface area contributed by atoms with E-state index in [1.54, 1.807) is 7.11 Å². The van der Waals surface area contributed by atoms with Gasteiger partial charge < -0.3 is 9.64 Å². The van der Waals surface area contributed by atoms with E-state index in [-0.39, 0.29) is 5.91 Å². The number of amides is 1. The fourth-order valence-corrected chi connectivity index (χ4v) is 4.15. The number of methoxy groups -OCH3 is 1. The second-order valence-corrected chi connectivity index (χ2v) is 7.79. The van der Waals surface area contributed by atoms with Crippen LogP contribution < -0.4 is 4.74 Å². The average molecular weight is 425 g/mol. The quantitative estimate of drug-likeness (QED) is 0.442. The number of hydrogen-bond donors (Lipinski definition) is 0. The van der Waals surface area contributed by atoms with E-state index in [0.29, 0.717) is 16.7 Å². The third kappa shape index (κ3) is 5.02. The Morgan fingerprint density at radius 1 is 1.00 bits per heavy atom. The van der Waals surface area contributed by atoms with E-state index in [4.69, 9.17) is 4.74 Å². The Morgan fingerprint density at radius 2 is 1.67 bits per heavy atom. The summed E-state index contributed by atoms with van der Waals surface area (Å²) >= 11 is 1.42. The number of benzene rings is 2. The monoisotopic (exact) mass is 424 g/mol. The van der Waals surface area contributed by atoms with E-state index >= 15 is 0 Å². The fourth-order valence-electron chi connectivity index (χ4n) is 3.30. The van der Waals surface area contributed by atoms with Crippen molar-refractivity contribution in [1.29, 1.82) is 0 Å². The van der Waals surface area contributed by atoms with Crippen LogP contribution in [0, 0.1) is 0 Å². The first kappa shape index (κ1) is 21.9. The zero-order chi connectivity index (χ0) is 21.3. The van der Waals surface area contributed by atoms with Crippen LogP contribution in [0.1, 0.15) is 26.7 Å². The van der Waals surface area contributed by atoms with Gasteiger partial charge in [-0.15, -0.1) is 10.2 Å². The molecule has 1 heterocycles. The standard InChI is InChI=1S/C23H28N4O2S/c1-4-15-26(16-5-2)21(28)17-30-23-25-24-22(19-13-9-10-14-20(19)29-3)27(23)18-11-7-6-8-12-18/h6-14H,4-5,15-17H2,1-3H3. The minimum atomic E-state index is 0.130. The number of thioether (sulfide) groups is 1. The van der Waals surface area contributed by atoms with Gasteiger partial charge in [0, 0.05) is 18.8 Å². The molecule has 3 rings (SSSR count). The van der Waals surface area contributed by atoms with Gasteiger partial charge in [-0.3, -0.25) is 9.36 Å². The molecule has 158 valence electrons. The molecule has 7 heteroatoms. The maximum atomic E-state index is 12.7. The largest absolute Gasteiger partial charge is 0.496 e. The summed E-state index contributed by atoms with van der Waals surface area (Å²) in [5.41, 5.74) is 1.80. The number of hydrogen-bond acceptors (Lipinski definition) is 5. The SMILES string of the molecule is CCCN(CCC)C(=O)CSc1nnc(-c2ccccc2OC)n1-c1ccccc1. The number of carbonyl (C=O) groups is 1. The summed E-state index contributed by atoms with van der Waals surface area (Å²) in [6.07, 6.45) is 1.91. The van der Waals surface area contributed by atoms with Crippen molar-refractivity contribution in [3.63, 3.8) is 0 Å². The molecule has 0 aliphatic rings. The Bertz CT molecular complexity index is 953. The summed E-state index contributed by atoms with van der Waals surface area (Å²) in [6.45, 7) is 5.75. The predicted octanol–water partition coefficient (Wildman–Crippen LogP) is 4.68. The molecule has 30 heavy (non-hydrogen) atoms. The molecule has 0 radical (unpaired) electrons. The van der Waals surface area contributed by atoms with Gasteiger partial charge in [-0.2, -0.15) is 0 Å². The maximum Gasteiger partial charge on any atom is 0.233 e. The number of rotatable bonds is 10. The summed E-state index contributed by atoms with van der Waals surface area (Å²) in [5.74, 6) is 1.88. The van der Waals surface area contributed by atoms with Crippen molar-refractivity contribution < 1.29 is 9.53 Å². The average Bonchev–Trinajstić information content (AvgIpc) is 3.21. The molecule has 6 nitrogen and oxygen atoms in total. The van der Waals surface area contributed by atoms with Gasteiger partial charge in [0.2, 0.25) is 5.91 Å². The molecule has 1 amide bonds. The van der Waals surface area contributed by atoms with Gasteiger partial charge in [0.25, 0.3) is 0 Å². The molecule has 1 aromatic heterocycles. The van der Waals surface area contributed by atoms with E-state index in [1.165, 1.54) is 11.8 Å². The fraction of sp³-hybridized carbons (Fsp3) is 0.348. The summed E-state index contributed by atoms with van der Waals surface area (Å²) in [4.78, 5) is 14.7. The van der Waals surface area contributed by atoms with Gasteiger partial charge in [0.15, 0.2) is 11.0 Å². The Kier molecular flexibility index (Phi) is 7.90. The Morgan fingerprint density at radius 3 is 2.33 bits per heavy atom. The topological polar surface area (TPSA) is 60.3 Å². The zero-order valence-electron chi connectivity index (χ0n) is 17.7. The lowest BCUT2D eigenvalue weighted by molar-refractivity contribution is -0.128. The maximum absolute atomic E-state index is 12.7. The van der Waals surface area contributed by atoms with Crippen LogP contribution in [0.3, 0.4) is 0 Å². The highest BCUT2D eigenvalue weighted by Gasteiger charge is 2.20. The van der Waals surface area contributed by atoms with Crippen LogP contribution in [0.4, 0.5) is 0 Å². The Labute approximate surface area is 182 Å². The van der Waals surface area contributed by atoms with Crippen LogP contribution in [0.2, 0.25) is 0 Å². The third-order valence-corrected chi connectivity index (χ3v) is 5.57. The molecule has 0 N–H and O–H groups in total. The molecule has 0 bridgehead atoms. The normalized spacial score (nSPS) is 10.8. The van der Waals surface area contributed by atoms with Crippen molar-refractivity contribution in [2.24, 2.45) is 0 Å². The Balaban J connectivity index is 1.94. The van der Waals surface area contributed by atoms with Gasteiger partial charge >= 0.3 is 0 Å². The van der Waals surface area contributed by atoms with Crippen molar-refractivity contribution in [2.45, 2.75) is 31.8 Å². The van der Waals surface area contributed by atoms with Gasteiger partial charge in [-0.1, -0.05) is 55.9 Å². The molecule has 0 atom stereocenters. The molecular formula is C23H28N4O2S. The highest BCUT2D eigenvalue weighted by atomic mass is 32.2. The zero-order valence-corrected chi connectivity index (χ0v) is 18.6. The number of carbonyl (C=O) groups excluding carboxylic acids is 1. The van der Waals surface area contributed by atoms with Crippen LogP contribution in [-0.4, -0.2) is 51.5 Å². The third-order valence-electron chi connectivity index (χ3n) is 4.66. The second-order valence-electron chi connectivity index (χ2n) is 6.85. The lowest BCUT2D eigenvalue weighted by Crippen LogP contribution is -2.33. The first-order valence-electron chi connectivity index (χ1n) is 10.2. The van der Waals surface area contributed by atoms with Gasteiger partial charge in [-0.05, 0) is 37.1 Å². The number of para-hydroxylation sites is 2. The molecule has 0 aliphatic carbocycles. The van der Waals surface area contributed by atoms with E-state index in [0.717, 1.165) is 42.9 Å². The minimum Gasteiger partial charge on any atom is -0.496 e. The summed E-state index contributed by atoms with van der Waals surface area (Å²) in [6, 6.07) is 17.7. The summed E-state index contributed by atoms with van der Waals surface area (Å²) < 4.78 is 7.52. The predicted molar refractivity (Wildman–Crippen MR) is 121 cm³/mol. The van der Waals surface area contributed by atoms with Crippen molar-refractivity contribution in [3.05, 3.63) is 54.6 Å². The van der Waals surface area contributed by atoms with Crippen molar-refractivity contribution in [3.8, 4) is 22.8 Å². The van der Waals surface area contributed by atoms with Crippen LogP contribution in [0.15, 0.2) is 59.8 Å². The second kappa shape index (κ2) is 10.8. The molecule has 0 saturated heterocycles. The summed E-state index contributed by atoms with van der Waals surface area (Å²) in [5, 5.41) is 9.55. The first-order valence-corrected chi connectivity index (χ1v) is 11.2. The van der Waals surface area contributed by atoms with E-state index < -0.39 is 0 Å². The van der Waals surface area contributed by atoms with Gasteiger partial charge in [-0.25, -0.2) is 0 Å². The van der Waals surface area contributed by atoms with Crippen molar-refractivity contribution in [1.82, 2.24) is 19.7 Å². The van der Waals surface area contributed by atoms with Gasteiger partial charge in [0.05, 0.1) is 18.4 Å². The van der Waals surface area contributed by atoms with Crippen molar-refractivity contribution >= 4 is 17.7 Å². The lowest BCUT2D eigenvalue weighted by atomic mass is 10.2. The highest BCUT2D eigenvalue weighted by Crippen LogP contribution is 2.33. The van der Waals surface area contributed by atoms with Crippen molar-refractivity contribution in [2.75, 3.05) is 26.0 Å². The number of nitrogens with zero attached hydrogens (tertiary/aromatic N) is 4. The van der Waals surface area contributed by atoms with Crippen LogP contribution in [-0.2, 0) is 4.79 Å². The molecular weight excluding hydrogens is 396 g/mol. The molecule has 3 aromatic rings. The number of ether oxygens (including phenoxy) is 1. The summed E-state index contributed by atoms with van der Waals surface area (Å²) in [7, 11) is 1.65. The first-order chi connectivity index (χ1) is 14.7. The molecule has 0 saturated carbocycles. The molecule has 0 fully saturated rings. The van der Waals surface area contributed by atoms with Crippen LogP contribution >= 0.6 is 11.8 Å². The Hall–Kier alpha value is -2.80. The smallest absolute Gasteiger partial charge is 0.233 e. The van der Waals surface area contributed by atoms with Gasteiger partial charge in [0.1, 0.15) is 5.75 Å². The highest BCUT2D eigenvalue weighted by molar-refractivity contribution is 7.99. The molecule has 2 aromatic carbocycles. The van der Waals surface area contributed by atoms with E-state index in [2.05, 4.69) is 24.0 Å². The van der Waals surface area contributed by atoms with E-state index in [1.807, 2.05) is 64.1 Å². The molecule has 0 aliphatic heterocycles. The minimum absolute atomic E-state index is 0.130. The molecule has 0 spiro atoms. The molecule has 0 unspecified atom stereocenters.